The van der Waals surface area contributed by atoms with Gasteiger partial charge in [-0.25, -0.2) is 0 Å². The van der Waals surface area contributed by atoms with Crippen molar-refractivity contribution in [2.75, 3.05) is 33.4 Å². The zero-order valence-corrected chi connectivity index (χ0v) is 13.0. The van der Waals surface area contributed by atoms with Gasteiger partial charge >= 0.3 is 5.97 Å². The third-order valence-corrected chi connectivity index (χ3v) is 4.71. The van der Waals surface area contributed by atoms with Crippen molar-refractivity contribution >= 4 is 5.97 Å². The molecule has 1 saturated heterocycles. The van der Waals surface area contributed by atoms with Gasteiger partial charge in [0.05, 0.1) is 25.7 Å². The number of likely N-dealkylation sites (tertiary alicyclic amines) is 1. The van der Waals surface area contributed by atoms with Gasteiger partial charge in [0.2, 0.25) is 0 Å². The lowest BCUT2D eigenvalue weighted by atomic mass is 9.94. The van der Waals surface area contributed by atoms with E-state index in [2.05, 4.69) is 4.90 Å². The number of carbonyl (C=O) groups excluding carboxylic acids is 1. The average molecular weight is 305 g/mol. The number of esters is 1. The van der Waals surface area contributed by atoms with Crippen molar-refractivity contribution in [3.63, 3.8) is 0 Å². The van der Waals surface area contributed by atoms with Crippen LogP contribution in [0.4, 0.5) is 0 Å². The first-order valence-electron chi connectivity index (χ1n) is 7.91. The zero-order chi connectivity index (χ0) is 15.5. The van der Waals surface area contributed by atoms with Gasteiger partial charge in [0, 0.05) is 6.54 Å². The molecule has 1 aromatic carbocycles. The molecule has 1 unspecified atom stereocenters. The van der Waals surface area contributed by atoms with Crippen molar-refractivity contribution in [1.82, 2.24) is 4.90 Å². The van der Waals surface area contributed by atoms with Crippen molar-refractivity contribution in [2.24, 2.45) is 5.92 Å². The fourth-order valence-corrected chi connectivity index (χ4v) is 3.43. The second-order valence-corrected chi connectivity index (χ2v) is 6.09. The van der Waals surface area contributed by atoms with Crippen LogP contribution in [0.1, 0.15) is 30.1 Å². The molecule has 3 rings (SSSR count). The Morgan fingerprint density at radius 1 is 1.41 bits per heavy atom. The van der Waals surface area contributed by atoms with Crippen molar-refractivity contribution in [3.05, 3.63) is 29.3 Å². The number of methoxy groups -OCH3 is 1. The number of hydrogen-bond donors (Lipinski definition) is 1. The van der Waals surface area contributed by atoms with E-state index in [9.17, 15) is 9.90 Å². The maximum atomic E-state index is 11.6. The largest absolute Gasteiger partial charge is 0.508 e. The minimum absolute atomic E-state index is 0.0396. The summed E-state index contributed by atoms with van der Waals surface area (Å²) in [4.78, 5) is 13.9. The number of piperidine rings is 1. The minimum atomic E-state index is -0.0885. The summed E-state index contributed by atoms with van der Waals surface area (Å²) in [5.41, 5.74) is 2.36. The lowest BCUT2D eigenvalue weighted by Crippen LogP contribution is -2.40. The highest BCUT2D eigenvalue weighted by Crippen LogP contribution is 2.31. The summed E-state index contributed by atoms with van der Waals surface area (Å²) in [6.45, 7) is 3.32. The summed E-state index contributed by atoms with van der Waals surface area (Å²) in [5.74, 6) is 0.269. The van der Waals surface area contributed by atoms with Crippen molar-refractivity contribution in [3.8, 4) is 5.75 Å². The number of fused-ring (bicyclic) bond motifs is 1. The first kappa shape index (κ1) is 15.3. The smallest absolute Gasteiger partial charge is 0.308 e. The van der Waals surface area contributed by atoms with E-state index in [0.29, 0.717) is 12.4 Å². The molecule has 2 heterocycles. The third-order valence-electron chi connectivity index (χ3n) is 4.71. The molecule has 0 aromatic heterocycles. The summed E-state index contributed by atoms with van der Waals surface area (Å²) in [6.07, 6.45) is 2.60. The Bertz CT molecular complexity index is 537. The highest BCUT2D eigenvalue weighted by Gasteiger charge is 2.29. The summed E-state index contributed by atoms with van der Waals surface area (Å²) < 4.78 is 10.8. The molecule has 1 atom stereocenters. The molecule has 2 aliphatic heterocycles. The quantitative estimate of drug-likeness (QED) is 0.864. The molecule has 0 bridgehead atoms. The summed E-state index contributed by atoms with van der Waals surface area (Å²) >= 11 is 0. The number of rotatable bonds is 3. The maximum absolute atomic E-state index is 11.6. The number of carbonyl (C=O) groups is 1. The van der Waals surface area contributed by atoms with Crippen LogP contribution >= 0.6 is 0 Å². The molecule has 0 radical (unpaired) electrons. The van der Waals surface area contributed by atoms with E-state index in [-0.39, 0.29) is 18.0 Å². The monoisotopic (exact) mass is 305 g/mol. The lowest BCUT2D eigenvalue weighted by molar-refractivity contribution is -0.147. The van der Waals surface area contributed by atoms with E-state index in [1.807, 2.05) is 12.1 Å². The molecule has 0 aliphatic carbocycles. The second kappa shape index (κ2) is 6.67. The van der Waals surface area contributed by atoms with Gasteiger partial charge in [-0.05, 0) is 55.6 Å². The van der Waals surface area contributed by atoms with Crippen LogP contribution in [-0.4, -0.2) is 49.3 Å². The molecule has 1 fully saturated rings. The molecule has 22 heavy (non-hydrogen) atoms. The Kier molecular flexibility index (Phi) is 4.64. The van der Waals surface area contributed by atoms with E-state index >= 15 is 0 Å². The molecule has 1 N–H and O–H groups in total. The Morgan fingerprint density at radius 2 is 2.18 bits per heavy atom. The Hall–Kier alpha value is -1.59. The molecule has 0 spiro atoms. The van der Waals surface area contributed by atoms with E-state index < -0.39 is 0 Å². The number of aromatic hydroxyl groups is 1. The lowest BCUT2D eigenvalue weighted by Gasteiger charge is -2.35. The fraction of sp³-hybridized carbons (Fsp3) is 0.588. The molecule has 5 heteroatoms. The fourth-order valence-electron chi connectivity index (χ4n) is 3.43. The van der Waals surface area contributed by atoms with Crippen LogP contribution in [0.25, 0.3) is 0 Å². The molecule has 0 amide bonds. The Labute approximate surface area is 130 Å². The minimum Gasteiger partial charge on any atom is -0.508 e. The van der Waals surface area contributed by atoms with E-state index in [4.69, 9.17) is 9.47 Å². The van der Waals surface area contributed by atoms with Gasteiger partial charge in [-0.15, -0.1) is 0 Å². The van der Waals surface area contributed by atoms with Gasteiger partial charge in [0.1, 0.15) is 5.75 Å². The molecule has 120 valence electrons. The number of nitrogens with zero attached hydrogens (tertiary/aromatic N) is 1. The highest BCUT2D eigenvalue weighted by molar-refractivity contribution is 5.72. The van der Waals surface area contributed by atoms with Gasteiger partial charge in [0.25, 0.3) is 0 Å². The summed E-state index contributed by atoms with van der Waals surface area (Å²) in [6, 6.07) is 5.54. The van der Waals surface area contributed by atoms with Crippen molar-refractivity contribution in [2.45, 2.75) is 25.4 Å². The standard InChI is InChI=1S/C17H23NO4/c1-21-17(20)12-4-7-18(8-5-12)11-16-15-3-2-14(19)10-13(15)6-9-22-16/h2-3,10,12,16,19H,4-9,11H2,1H3. The number of ether oxygens (including phenoxy) is 2. The molecule has 0 saturated carbocycles. The van der Waals surface area contributed by atoms with E-state index in [1.54, 1.807) is 6.07 Å². The molecule has 2 aliphatic rings. The number of hydrogen-bond acceptors (Lipinski definition) is 5. The molecular weight excluding hydrogens is 282 g/mol. The van der Waals surface area contributed by atoms with Crippen LogP contribution in [0.3, 0.4) is 0 Å². The normalized spacial score (nSPS) is 23.0. The van der Waals surface area contributed by atoms with Gasteiger partial charge in [-0.3, -0.25) is 4.79 Å². The van der Waals surface area contributed by atoms with Crippen LogP contribution in [0.5, 0.6) is 5.75 Å². The van der Waals surface area contributed by atoms with Crippen molar-refractivity contribution < 1.29 is 19.4 Å². The van der Waals surface area contributed by atoms with Crippen LogP contribution < -0.4 is 0 Å². The maximum Gasteiger partial charge on any atom is 0.308 e. The van der Waals surface area contributed by atoms with E-state index in [1.165, 1.54) is 18.2 Å². The van der Waals surface area contributed by atoms with E-state index in [0.717, 1.165) is 38.9 Å². The van der Waals surface area contributed by atoms with Gasteiger partial charge in [-0.2, -0.15) is 0 Å². The first-order valence-corrected chi connectivity index (χ1v) is 7.91. The molecule has 5 nitrogen and oxygen atoms in total. The zero-order valence-electron chi connectivity index (χ0n) is 13.0. The first-order chi connectivity index (χ1) is 10.7. The Morgan fingerprint density at radius 3 is 2.91 bits per heavy atom. The number of phenols is 1. The SMILES string of the molecule is COC(=O)C1CCN(CC2OCCc3cc(O)ccc32)CC1. The van der Waals surface area contributed by atoms with Crippen molar-refractivity contribution in [1.29, 1.82) is 0 Å². The second-order valence-electron chi connectivity index (χ2n) is 6.09. The number of benzene rings is 1. The number of phenolic OH excluding ortho intramolecular Hbond substituents is 1. The van der Waals surface area contributed by atoms with Crippen LogP contribution in [0.15, 0.2) is 18.2 Å². The van der Waals surface area contributed by atoms with Gasteiger partial charge in [0.15, 0.2) is 0 Å². The summed E-state index contributed by atoms with van der Waals surface area (Å²) in [5, 5.41) is 9.61. The van der Waals surface area contributed by atoms with Crippen LogP contribution in [0.2, 0.25) is 0 Å². The predicted octanol–water partition coefficient (Wildman–Crippen LogP) is 1.89. The van der Waals surface area contributed by atoms with Crippen LogP contribution in [-0.2, 0) is 20.7 Å². The topological polar surface area (TPSA) is 59.0 Å². The summed E-state index contributed by atoms with van der Waals surface area (Å²) in [7, 11) is 1.46. The Balaban J connectivity index is 1.60. The van der Waals surface area contributed by atoms with Crippen LogP contribution in [0, 0.1) is 5.92 Å². The highest BCUT2D eigenvalue weighted by atomic mass is 16.5. The molecule has 1 aromatic rings. The molecular formula is C17H23NO4. The third kappa shape index (κ3) is 3.25. The van der Waals surface area contributed by atoms with Gasteiger partial charge < -0.3 is 19.5 Å². The average Bonchev–Trinajstić information content (AvgIpc) is 2.55. The predicted molar refractivity (Wildman–Crippen MR) is 81.7 cm³/mol. The van der Waals surface area contributed by atoms with Gasteiger partial charge in [-0.1, -0.05) is 6.07 Å².